The average molecular weight is 325 g/mol. The van der Waals surface area contributed by atoms with Crippen molar-refractivity contribution in [2.75, 3.05) is 6.54 Å². The Hall–Kier alpha value is -0.330. The van der Waals surface area contributed by atoms with Crippen LogP contribution in [-0.4, -0.2) is 20.5 Å². The normalized spacial score (nSPS) is 12.7. The van der Waals surface area contributed by atoms with Gasteiger partial charge < -0.3 is 5.73 Å². The van der Waals surface area contributed by atoms with Crippen LogP contribution in [0.1, 0.15) is 26.7 Å². The van der Waals surface area contributed by atoms with Crippen LogP contribution < -0.4 is 10.5 Å². The van der Waals surface area contributed by atoms with Crippen LogP contribution in [-0.2, 0) is 10.0 Å². The van der Waals surface area contributed by atoms with Crippen LogP contribution in [0.15, 0.2) is 23.1 Å². The van der Waals surface area contributed by atoms with E-state index in [1.807, 2.05) is 13.8 Å². The monoisotopic (exact) mass is 324 g/mol. The summed E-state index contributed by atoms with van der Waals surface area (Å²) in [7, 11) is -3.68. The van der Waals surface area contributed by atoms with E-state index < -0.39 is 15.6 Å². The topological polar surface area (TPSA) is 72.2 Å². The molecule has 108 valence electrons. The molecule has 1 aromatic carbocycles. The Bertz CT molecular complexity index is 543. The van der Waals surface area contributed by atoms with Crippen LogP contribution in [0.4, 0.5) is 0 Å². The lowest BCUT2D eigenvalue weighted by Crippen LogP contribution is -2.49. The molecule has 0 spiro atoms. The van der Waals surface area contributed by atoms with Crippen molar-refractivity contribution in [2.45, 2.75) is 37.1 Å². The fourth-order valence-corrected chi connectivity index (χ4v) is 3.42. The first kappa shape index (κ1) is 16.7. The van der Waals surface area contributed by atoms with E-state index in [1.165, 1.54) is 18.2 Å². The van der Waals surface area contributed by atoms with Gasteiger partial charge in [0.2, 0.25) is 10.0 Å². The largest absolute Gasteiger partial charge is 0.324 e. The average Bonchev–Trinajstić information content (AvgIpc) is 2.35. The van der Waals surface area contributed by atoms with E-state index in [0.717, 1.165) is 0 Å². The molecule has 4 nitrogen and oxygen atoms in total. The molecule has 0 aliphatic rings. The third-order valence-corrected chi connectivity index (χ3v) is 5.33. The number of hydrogen-bond acceptors (Lipinski definition) is 3. The van der Waals surface area contributed by atoms with Crippen molar-refractivity contribution in [3.8, 4) is 0 Å². The van der Waals surface area contributed by atoms with Gasteiger partial charge in [0.15, 0.2) is 0 Å². The maximum atomic E-state index is 12.1. The van der Waals surface area contributed by atoms with Crippen molar-refractivity contribution in [3.05, 3.63) is 28.2 Å². The van der Waals surface area contributed by atoms with E-state index in [2.05, 4.69) is 4.72 Å². The molecule has 0 fully saturated rings. The van der Waals surface area contributed by atoms with Crippen LogP contribution in [0, 0.1) is 0 Å². The molecule has 0 aromatic heterocycles. The van der Waals surface area contributed by atoms with E-state index in [9.17, 15) is 8.42 Å². The molecule has 0 saturated heterocycles. The lowest BCUT2D eigenvalue weighted by molar-refractivity contribution is 0.392. The van der Waals surface area contributed by atoms with Crippen molar-refractivity contribution < 1.29 is 8.42 Å². The second-order valence-corrected chi connectivity index (χ2v) is 7.05. The minimum absolute atomic E-state index is 0.00752. The van der Waals surface area contributed by atoms with Crippen LogP contribution >= 0.6 is 23.2 Å². The Morgan fingerprint density at radius 1 is 1.26 bits per heavy atom. The second kappa shape index (κ2) is 6.41. The maximum absolute atomic E-state index is 12.1. The predicted molar refractivity (Wildman–Crippen MR) is 79.2 cm³/mol. The summed E-state index contributed by atoms with van der Waals surface area (Å²) < 4.78 is 26.8. The number of benzene rings is 1. The van der Waals surface area contributed by atoms with Gasteiger partial charge in [-0.25, -0.2) is 13.1 Å². The highest BCUT2D eigenvalue weighted by atomic mass is 35.5. The van der Waals surface area contributed by atoms with E-state index in [-0.39, 0.29) is 16.5 Å². The maximum Gasteiger partial charge on any atom is 0.242 e. The van der Waals surface area contributed by atoms with Crippen molar-refractivity contribution in [2.24, 2.45) is 5.73 Å². The van der Waals surface area contributed by atoms with Crippen molar-refractivity contribution in [1.29, 1.82) is 0 Å². The SMILES string of the molecule is CCC(N)(CC)CNS(=O)(=O)c1ccc(Cl)cc1Cl. The van der Waals surface area contributed by atoms with Crippen LogP contribution in [0.2, 0.25) is 10.0 Å². The molecule has 3 N–H and O–H groups in total. The van der Waals surface area contributed by atoms with Crippen LogP contribution in [0.3, 0.4) is 0 Å². The van der Waals surface area contributed by atoms with Crippen LogP contribution in [0.5, 0.6) is 0 Å². The molecule has 0 saturated carbocycles. The third kappa shape index (κ3) is 4.33. The molecule has 0 atom stereocenters. The molecule has 0 amide bonds. The summed E-state index contributed by atoms with van der Waals surface area (Å²) in [6, 6.07) is 4.26. The van der Waals surface area contributed by atoms with Crippen LogP contribution in [0.25, 0.3) is 0 Å². The fraction of sp³-hybridized carbons (Fsp3) is 0.500. The number of rotatable bonds is 6. The van der Waals surface area contributed by atoms with Gasteiger partial charge in [-0.1, -0.05) is 37.0 Å². The minimum Gasteiger partial charge on any atom is -0.324 e. The highest BCUT2D eigenvalue weighted by Crippen LogP contribution is 2.25. The van der Waals surface area contributed by atoms with E-state index in [1.54, 1.807) is 0 Å². The van der Waals surface area contributed by atoms with Gasteiger partial charge in [-0.15, -0.1) is 0 Å². The van der Waals surface area contributed by atoms with Crippen molar-refractivity contribution in [1.82, 2.24) is 4.72 Å². The number of hydrogen-bond donors (Lipinski definition) is 2. The van der Waals surface area contributed by atoms with E-state index in [4.69, 9.17) is 28.9 Å². The lowest BCUT2D eigenvalue weighted by Gasteiger charge is -2.26. The summed E-state index contributed by atoms with van der Waals surface area (Å²) in [6.07, 6.45) is 1.36. The van der Waals surface area contributed by atoms with E-state index in [0.29, 0.717) is 17.9 Å². The molecule has 1 aromatic rings. The number of nitrogens with one attached hydrogen (secondary N) is 1. The second-order valence-electron chi connectivity index (χ2n) is 4.47. The quantitative estimate of drug-likeness (QED) is 0.845. The number of nitrogens with two attached hydrogens (primary N) is 1. The van der Waals surface area contributed by atoms with Gasteiger partial charge in [0.1, 0.15) is 4.90 Å². The summed E-state index contributed by atoms with van der Waals surface area (Å²) >= 11 is 11.6. The molecule has 0 unspecified atom stereocenters. The smallest absolute Gasteiger partial charge is 0.242 e. The molecule has 0 aliphatic carbocycles. The Balaban J connectivity index is 2.93. The minimum atomic E-state index is -3.68. The standard InChI is InChI=1S/C12H18Cl2N2O2S/c1-3-12(15,4-2)8-16-19(17,18)11-6-5-9(13)7-10(11)14/h5-7,16H,3-4,8,15H2,1-2H3. The summed E-state index contributed by atoms with van der Waals surface area (Å²) in [4.78, 5) is 0.00752. The van der Waals surface area contributed by atoms with Gasteiger partial charge in [-0.05, 0) is 31.0 Å². The molecule has 0 radical (unpaired) electrons. The molecular weight excluding hydrogens is 307 g/mol. The lowest BCUT2D eigenvalue weighted by atomic mass is 9.95. The van der Waals surface area contributed by atoms with Gasteiger partial charge in [0.05, 0.1) is 5.02 Å². The molecule has 19 heavy (non-hydrogen) atoms. The molecule has 0 bridgehead atoms. The Morgan fingerprint density at radius 3 is 2.32 bits per heavy atom. The summed E-state index contributed by atoms with van der Waals surface area (Å²) in [5.41, 5.74) is 5.51. The Kier molecular flexibility index (Phi) is 5.65. The van der Waals surface area contributed by atoms with E-state index >= 15 is 0 Å². The summed E-state index contributed by atoms with van der Waals surface area (Å²) in [5, 5.41) is 0.481. The molecule has 7 heteroatoms. The fourth-order valence-electron chi connectivity index (χ4n) is 1.51. The predicted octanol–water partition coefficient (Wildman–Crippen LogP) is 2.79. The first-order valence-corrected chi connectivity index (χ1v) is 8.21. The van der Waals surface area contributed by atoms with Crippen molar-refractivity contribution in [3.63, 3.8) is 0 Å². The van der Waals surface area contributed by atoms with Gasteiger partial charge in [0.25, 0.3) is 0 Å². The zero-order valence-electron chi connectivity index (χ0n) is 10.9. The number of sulfonamides is 1. The Morgan fingerprint density at radius 2 is 1.84 bits per heavy atom. The van der Waals surface area contributed by atoms with Gasteiger partial charge in [0, 0.05) is 17.1 Å². The Labute approximate surface area is 124 Å². The first-order chi connectivity index (χ1) is 8.74. The molecular formula is C12H18Cl2N2O2S. The molecule has 0 heterocycles. The molecule has 1 rings (SSSR count). The highest BCUT2D eigenvalue weighted by Gasteiger charge is 2.25. The zero-order chi connectivity index (χ0) is 14.7. The van der Waals surface area contributed by atoms with Gasteiger partial charge >= 0.3 is 0 Å². The first-order valence-electron chi connectivity index (χ1n) is 5.97. The summed E-state index contributed by atoms with van der Waals surface area (Å²) in [5.74, 6) is 0. The third-order valence-electron chi connectivity index (χ3n) is 3.21. The molecule has 0 aliphatic heterocycles. The highest BCUT2D eigenvalue weighted by molar-refractivity contribution is 7.89. The van der Waals surface area contributed by atoms with Crippen molar-refractivity contribution >= 4 is 33.2 Å². The van der Waals surface area contributed by atoms with Gasteiger partial charge in [-0.3, -0.25) is 0 Å². The summed E-state index contributed by atoms with van der Waals surface area (Å²) in [6.45, 7) is 4.02. The number of halogens is 2. The van der Waals surface area contributed by atoms with Gasteiger partial charge in [-0.2, -0.15) is 0 Å². The zero-order valence-corrected chi connectivity index (χ0v) is 13.2.